The molecule has 1 atom stereocenters. The van der Waals surface area contributed by atoms with Gasteiger partial charge in [0.1, 0.15) is 0 Å². The van der Waals surface area contributed by atoms with Gasteiger partial charge in [-0.25, -0.2) is 0 Å². The molecular weight excluding hydrogens is 228 g/mol. The Labute approximate surface area is 110 Å². The maximum Gasteiger partial charge on any atom is 0.225 e. The molecule has 2 fully saturated rings. The smallest absolute Gasteiger partial charge is 0.225 e. The van der Waals surface area contributed by atoms with Crippen LogP contribution in [0.5, 0.6) is 0 Å². The summed E-state index contributed by atoms with van der Waals surface area (Å²) in [6, 6.07) is 0. The molecule has 4 nitrogen and oxygen atoms in total. The molecule has 2 heterocycles. The highest BCUT2D eigenvalue weighted by molar-refractivity contribution is 5.78. The largest absolute Gasteiger partial charge is 0.391 e. The number of carbonyl (C=O) groups excluding carboxylic acids is 1. The summed E-state index contributed by atoms with van der Waals surface area (Å²) < 4.78 is 0. The SMILES string of the molecule is CC1CCN(CCCCN2CC(O)CC2=O)CC1. The number of likely N-dealkylation sites (tertiary alicyclic amines) is 2. The van der Waals surface area contributed by atoms with E-state index < -0.39 is 6.10 Å². The Hall–Kier alpha value is -0.610. The Kier molecular flexibility index (Phi) is 5.01. The summed E-state index contributed by atoms with van der Waals surface area (Å²) in [4.78, 5) is 15.8. The van der Waals surface area contributed by atoms with Crippen LogP contribution in [0.4, 0.5) is 0 Å². The highest BCUT2D eigenvalue weighted by Crippen LogP contribution is 2.16. The van der Waals surface area contributed by atoms with Crippen LogP contribution in [0.3, 0.4) is 0 Å². The van der Waals surface area contributed by atoms with E-state index in [1.54, 1.807) is 0 Å². The zero-order chi connectivity index (χ0) is 13.0. The Balaban J connectivity index is 1.55. The van der Waals surface area contributed by atoms with Gasteiger partial charge in [-0.2, -0.15) is 0 Å². The molecule has 0 saturated carbocycles. The quantitative estimate of drug-likeness (QED) is 0.747. The lowest BCUT2D eigenvalue weighted by molar-refractivity contribution is -0.127. The molecule has 0 aromatic carbocycles. The molecule has 2 aliphatic heterocycles. The average molecular weight is 254 g/mol. The fraction of sp³-hybridized carbons (Fsp3) is 0.929. The van der Waals surface area contributed by atoms with E-state index in [1.807, 2.05) is 4.90 Å². The van der Waals surface area contributed by atoms with Gasteiger partial charge in [0.25, 0.3) is 0 Å². The van der Waals surface area contributed by atoms with Gasteiger partial charge in [-0.15, -0.1) is 0 Å². The first-order valence-corrected chi connectivity index (χ1v) is 7.33. The molecule has 104 valence electrons. The lowest BCUT2D eigenvalue weighted by Gasteiger charge is -2.30. The van der Waals surface area contributed by atoms with E-state index in [9.17, 15) is 9.90 Å². The van der Waals surface area contributed by atoms with Gasteiger partial charge in [-0.05, 0) is 51.2 Å². The van der Waals surface area contributed by atoms with Gasteiger partial charge in [0, 0.05) is 13.1 Å². The zero-order valence-corrected chi connectivity index (χ0v) is 11.5. The average Bonchev–Trinajstić information content (AvgIpc) is 2.66. The van der Waals surface area contributed by atoms with E-state index in [4.69, 9.17) is 0 Å². The highest BCUT2D eigenvalue weighted by Gasteiger charge is 2.27. The summed E-state index contributed by atoms with van der Waals surface area (Å²) in [6.45, 7) is 7.34. The standard InChI is InChI=1S/C14H26N2O2/c1-12-4-8-15(9-5-12)6-2-3-7-16-11-13(17)10-14(16)18/h12-13,17H,2-11H2,1H3. The maximum absolute atomic E-state index is 11.5. The number of rotatable bonds is 5. The van der Waals surface area contributed by atoms with Crippen molar-refractivity contribution in [1.29, 1.82) is 0 Å². The van der Waals surface area contributed by atoms with Crippen molar-refractivity contribution in [3.63, 3.8) is 0 Å². The van der Waals surface area contributed by atoms with Crippen molar-refractivity contribution in [3.8, 4) is 0 Å². The summed E-state index contributed by atoms with van der Waals surface area (Å²) in [6.07, 6.45) is 4.78. The molecule has 0 bridgehead atoms. The first kappa shape index (κ1) is 13.8. The number of aliphatic hydroxyl groups is 1. The van der Waals surface area contributed by atoms with Crippen molar-refractivity contribution in [2.45, 2.75) is 45.1 Å². The first-order valence-electron chi connectivity index (χ1n) is 7.33. The van der Waals surface area contributed by atoms with Crippen LogP contribution in [0.15, 0.2) is 0 Å². The predicted molar refractivity (Wildman–Crippen MR) is 71.3 cm³/mol. The van der Waals surface area contributed by atoms with Gasteiger partial charge >= 0.3 is 0 Å². The highest BCUT2D eigenvalue weighted by atomic mass is 16.3. The van der Waals surface area contributed by atoms with Crippen LogP contribution in [-0.4, -0.2) is 59.6 Å². The number of β-amino-alcohol motifs (C(OH)–C–C–N with tert-alkyl or cyclic N) is 1. The number of nitrogens with zero attached hydrogens (tertiary/aromatic N) is 2. The first-order chi connectivity index (χ1) is 8.65. The lowest BCUT2D eigenvalue weighted by atomic mass is 9.99. The van der Waals surface area contributed by atoms with Crippen LogP contribution < -0.4 is 0 Å². The van der Waals surface area contributed by atoms with Crippen LogP contribution in [0.1, 0.15) is 39.0 Å². The number of piperidine rings is 1. The van der Waals surface area contributed by atoms with Crippen molar-refractivity contribution >= 4 is 5.91 Å². The summed E-state index contributed by atoms with van der Waals surface area (Å²) in [5.41, 5.74) is 0. The summed E-state index contributed by atoms with van der Waals surface area (Å²) in [5, 5.41) is 9.38. The second-order valence-electron chi connectivity index (χ2n) is 5.93. The van der Waals surface area contributed by atoms with E-state index in [0.717, 1.165) is 31.8 Å². The lowest BCUT2D eigenvalue weighted by Crippen LogP contribution is -2.34. The minimum atomic E-state index is -0.430. The molecule has 0 aromatic rings. The van der Waals surface area contributed by atoms with Crippen molar-refractivity contribution in [3.05, 3.63) is 0 Å². The number of carbonyl (C=O) groups is 1. The van der Waals surface area contributed by atoms with Gasteiger partial charge in [0.05, 0.1) is 12.5 Å². The van der Waals surface area contributed by atoms with Crippen LogP contribution in [0.2, 0.25) is 0 Å². The number of hydrogen-bond acceptors (Lipinski definition) is 3. The molecule has 2 aliphatic rings. The molecule has 4 heteroatoms. The zero-order valence-electron chi connectivity index (χ0n) is 11.5. The van der Waals surface area contributed by atoms with Crippen LogP contribution in [-0.2, 0) is 4.79 Å². The maximum atomic E-state index is 11.5. The van der Waals surface area contributed by atoms with Crippen LogP contribution >= 0.6 is 0 Å². The van der Waals surface area contributed by atoms with Crippen molar-refractivity contribution in [1.82, 2.24) is 9.80 Å². The molecule has 1 amide bonds. The minimum Gasteiger partial charge on any atom is -0.391 e. The number of aliphatic hydroxyl groups excluding tert-OH is 1. The van der Waals surface area contributed by atoms with Gasteiger partial charge in [-0.3, -0.25) is 4.79 Å². The van der Waals surface area contributed by atoms with Crippen molar-refractivity contribution < 1.29 is 9.90 Å². The Morgan fingerprint density at radius 1 is 1.22 bits per heavy atom. The van der Waals surface area contributed by atoms with E-state index in [0.29, 0.717) is 13.0 Å². The molecule has 0 radical (unpaired) electrons. The summed E-state index contributed by atoms with van der Waals surface area (Å²) >= 11 is 0. The monoisotopic (exact) mass is 254 g/mol. The number of amides is 1. The molecule has 2 rings (SSSR count). The fourth-order valence-electron chi connectivity index (χ4n) is 2.89. The van der Waals surface area contributed by atoms with Crippen LogP contribution in [0, 0.1) is 5.92 Å². The second kappa shape index (κ2) is 6.53. The third kappa shape index (κ3) is 3.95. The molecule has 18 heavy (non-hydrogen) atoms. The second-order valence-corrected chi connectivity index (χ2v) is 5.93. The Morgan fingerprint density at radius 3 is 2.50 bits per heavy atom. The van der Waals surface area contributed by atoms with E-state index in [1.165, 1.54) is 25.9 Å². The van der Waals surface area contributed by atoms with Gasteiger partial charge in [0.2, 0.25) is 5.91 Å². The summed E-state index contributed by atoms with van der Waals surface area (Å²) in [5.74, 6) is 1.01. The van der Waals surface area contributed by atoms with E-state index in [-0.39, 0.29) is 5.91 Å². The summed E-state index contributed by atoms with van der Waals surface area (Å²) in [7, 11) is 0. The third-order valence-corrected chi connectivity index (χ3v) is 4.22. The molecular formula is C14H26N2O2. The predicted octanol–water partition coefficient (Wildman–Crippen LogP) is 1.09. The van der Waals surface area contributed by atoms with Crippen LogP contribution in [0.25, 0.3) is 0 Å². The minimum absolute atomic E-state index is 0.120. The van der Waals surface area contributed by atoms with Crippen molar-refractivity contribution in [2.24, 2.45) is 5.92 Å². The molecule has 0 aliphatic carbocycles. The topological polar surface area (TPSA) is 43.8 Å². The van der Waals surface area contributed by atoms with E-state index >= 15 is 0 Å². The third-order valence-electron chi connectivity index (χ3n) is 4.22. The fourth-order valence-corrected chi connectivity index (χ4v) is 2.89. The molecule has 0 aromatic heterocycles. The number of hydrogen-bond donors (Lipinski definition) is 1. The van der Waals surface area contributed by atoms with Crippen molar-refractivity contribution in [2.75, 3.05) is 32.7 Å². The molecule has 0 spiro atoms. The molecule has 1 unspecified atom stereocenters. The Bertz CT molecular complexity index is 275. The Morgan fingerprint density at radius 2 is 1.89 bits per heavy atom. The van der Waals surface area contributed by atoms with Gasteiger partial charge in [-0.1, -0.05) is 6.92 Å². The van der Waals surface area contributed by atoms with Gasteiger partial charge < -0.3 is 14.9 Å². The van der Waals surface area contributed by atoms with E-state index in [2.05, 4.69) is 11.8 Å². The number of unbranched alkanes of at least 4 members (excludes halogenated alkanes) is 1. The normalized spacial score (nSPS) is 27.1. The molecule has 1 N–H and O–H groups in total. The molecule has 2 saturated heterocycles. The van der Waals surface area contributed by atoms with Gasteiger partial charge in [0.15, 0.2) is 0 Å².